The van der Waals surface area contributed by atoms with Crippen molar-refractivity contribution in [3.63, 3.8) is 0 Å². The minimum absolute atomic E-state index is 0.178. The highest BCUT2D eigenvalue weighted by Crippen LogP contribution is 2.21. The molecule has 2 heterocycles. The summed E-state index contributed by atoms with van der Waals surface area (Å²) in [4.78, 5) is 0. The van der Waals surface area contributed by atoms with Gasteiger partial charge in [0.15, 0.2) is 0 Å². The molecule has 1 N–H and O–H groups in total. The van der Waals surface area contributed by atoms with Gasteiger partial charge in [-0.2, -0.15) is 11.8 Å². The molecule has 2 rings (SSSR count). The van der Waals surface area contributed by atoms with E-state index < -0.39 is 0 Å². The van der Waals surface area contributed by atoms with Crippen molar-refractivity contribution in [2.24, 2.45) is 5.92 Å². The fraction of sp³-hybridized carbons (Fsp3) is 0.733. The Balaban J connectivity index is 1.86. The molecule has 1 aromatic rings. The highest BCUT2D eigenvalue weighted by molar-refractivity contribution is 7.99. The van der Waals surface area contributed by atoms with Crippen LogP contribution in [0.4, 0.5) is 0 Å². The number of hydrogen-bond acceptors (Lipinski definition) is 4. The number of hydrogen-bond donors (Lipinski definition) is 1. The first-order valence-electron chi connectivity index (χ1n) is 7.20. The lowest BCUT2D eigenvalue weighted by molar-refractivity contribution is 0.0818. The van der Waals surface area contributed by atoms with Gasteiger partial charge in [-0.25, -0.2) is 0 Å². The third-order valence-corrected chi connectivity index (χ3v) is 4.43. The van der Waals surface area contributed by atoms with Crippen LogP contribution in [0, 0.1) is 5.92 Å². The predicted molar refractivity (Wildman–Crippen MR) is 80.6 cm³/mol. The average Bonchev–Trinajstić information content (AvgIpc) is 2.92. The Morgan fingerprint density at radius 1 is 1.47 bits per heavy atom. The molecule has 108 valence electrons. The lowest BCUT2D eigenvalue weighted by atomic mass is 10.1. The van der Waals surface area contributed by atoms with E-state index in [1.807, 2.05) is 23.9 Å². The molecular formula is C15H25NO2S. The van der Waals surface area contributed by atoms with Gasteiger partial charge in [-0.15, -0.1) is 0 Å². The van der Waals surface area contributed by atoms with Crippen LogP contribution in [0.1, 0.15) is 38.5 Å². The molecule has 0 unspecified atom stereocenters. The van der Waals surface area contributed by atoms with Crippen LogP contribution < -0.4 is 5.32 Å². The van der Waals surface area contributed by atoms with E-state index in [1.165, 1.54) is 24.3 Å². The SMILES string of the molecule is CC(C)COC[C@H](N[C@@H]1CCCSC1)c1ccco1. The second kappa shape index (κ2) is 7.98. The lowest BCUT2D eigenvalue weighted by Gasteiger charge is -2.27. The molecule has 1 fully saturated rings. The van der Waals surface area contributed by atoms with Crippen molar-refractivity contribution in [1.29, 1.82) is 0 Å². The Labute approximate surface area is 120 Å². The molecule has 4 heteroatoms. The van der Waals surface area contributed by atoms with Crippen molar-refractivity contribution in [3.8, 4) is 0 Å². The summed E-state index contributed by atoms with van der Waals surface area (Å²) in [6, 6.07) is 4.74. The van der Waals surface area contributed by atoms with Gasteiger partial charge in [0, 0.05) is 18.4 Å². The third-order valence-electron chi connectivity index (χ3n) is 3.22. The summed E-state index contributed by atoms with van der Waals surface area (Å²) < 4.78 is 11.3. The summed E-state index contributed by atoms with van der Waals surface area (Å²) in [6.45, 7) is 5.84. The zero-order valence-corrected chi connectivity index (χ0v) is 12.7. The fourth-order valence-corrected chi connectivity index (χ4v) is 3.37. The van der Waals surface area contributed by atoms with Gasteiger partial charge < -0.3 is 14.5 Å². The molecule has 0 bridgehead atoms. The first-order valence-corrected chi connectivity index (χ1v) is 8.36. The van der Waals surface area contributed by atoms with Crippen LogP contribution >= 0.6 is 11.8 Å². The van der Waals surface area contributed by atoms with E-state index in [1.54, 1.807) is 6.26 Å². The number of thioether (sulfide) groups is 1. The van der Waals surface area contributed by atoms with Crippen molar-refractivity contribution < 1.29 is 9.15 Å². The molecule has 2 atom stereocenters. The van der Waals surface area contributed by atoms with Crippen LogP contribution in [0.3, 0.4) is 0 Å². The first kappa shape index (κ1) is 14.9. The summed E-state index contributed by atoms with van der Waals surface area (Å²) in [5, 5.41) is 3.69. The average molecular weight is 283 g/mol. The smallest absolute Gasteiger partial charge is 0.123 e. The normalized spacial score (nSPS) is 21.7. The summed E-state index contributed by atoms with van der Waals surface area (Å²) in [6.07, 6.45) is 4.30. The molecule has 3 nitrogen and oxygen atoms in total. The summed E-state index contributed by atoms with van der Waals surface area (Å²) in [5.41, 5.74) is 0. The third kappa shape index (κ3) is 5.21. The monoisotopic (exact) mass is 283 g/mol. The topological polar surface area (TPSA) is 34.4 Å². The molecule has 0 saturated carbocycles. The zero-order valence-electron chi connectivity index (χ0n) is 11.9. The molecule has 0 spiro atoms. The van der Waals surface area contributed by atoms with Gasteiger partial charge >= 0.3 is 0 Å². The van der Waals surface area contributed by atoms with E-state index in [0.717, 1.165) is 12.4 Å². The van der Waals surface area contributed by atoms with Gasteiger partial charge in [0.2, 0.25) is 0 Å². The van der Waals surface area contributed by atoms with Crippen LogP contribution in [0.2, 0.25) is 0 Å². The molecule has 19 heavy (non-hydrogen) atoms. The summed E-state index contributed by atoms with van der Waals surface area (Å²) >= 11 is 2.04. The van der Waals surface area contributed by atoms with Crippen LogP contribution in [0.15, 0.2) is 22.8 Å². The van der Waals surface area contributed by atoms with Crippen LogP contribution in [-0.4, -0.2) is 30.8 Å². The van der Waals surface area contributed by atoms with Crippen molar-refractivity contribution in [1.82, 2.24) is 5.32 Å². The summed E-state index contributed by atoms with van der Waals surface area (Å²) in [5.74, 6) is 4.05. The quantitative estimate of drug-likeness (QED) is 0.831. The molecule has 0 aliphatic carbocycles. The second-order valence-electron chi connectivity index (χ2n) is 5.58. The Bertz CT molecular complexity index is 334. The van der Waals surface area contributed by atoms with Crippen LogP contribution in [0.5, 0.6) is 0 Å². The van der Waals surface area contributed by atoms with E-state index >= 15 is 0 Å². The van der Waals surface area contributed by atoms with Crippen molar-refractivity contribution in [3.05, 3.63) is 24.2 Å². The fourth-order valence-electron chi connectivity index (χ4n) is 2.28. The number of nitrogens with one attached hydrogen (secondary N) is 1. The lowest BCUT2D eigenvalue weighted by Crippen LogP contribution is -2.38. The van der Waals surface area contributed by atoms with Crippen molar-refractivity contribution in [2.45, 2.75) is 38.8 Å². The highest BCUT2D eigenvalue weighted by atomic mass is 32.2. The Morgan fingerprint density at radius 2 is 2.37 bits per heavy atom. The molecule has 1 saturated heterocycles. The number of ether oxygens (including phenoxy) is 1. The zero-order chi connectivity index (χ0) is 13.5. The maximum absolute atomic E-state index is 5.79. The maximum atomic E-state index is 5.79. The van der Waals surface area contributed by atoms with E-state index in [9.17, 15) is 0 Å². The molecule has 1 aromatic heterocycles. The van der Waals surface area contributed by atoms with Gasteiger partial charge in [-0.3, -0.25) is 0 Å². The Hall–Kier alpha value is -0.450. The van der Waals surface area contributed by atoms with E-state index in [-0.39, 0.29) is 6.04 Å². The second-order valence-corrected chi connectivity index (χ2v) is 6.73. The van der Waals surface area contributed by atoms with Gasteiger partial charge in [-0.1, -0.05) is 13.8 Å². The largest absolute Gasteiger partial charge is 0.468 e. The maximum Gasteiger partial charge on any atom is 0.123 e. The molecule has 1 aliphatic rings. The van der Waals surface area contributed by atoms with E-state index in [4.69, 9.17) is 9.15 Å². The minimum atomic E-state index is 0.178. The summed E-state index contributed by atoms with van der Waals surface area (Å²) in [7, 11) is 0. The molecule has 1 aliphatic heterocycles. The van der Waals surface area contributed by atoms with Gasteiger partial charge in [0.25, 0.3) is 0 Å². The molecular weight excluding hydrogens is 258 g/mol. The number of furan rings is 1. The van der Waals surface area contributed by atoms with Gasteiger partial charge in [0.05, 0.1) is 18.9 Å². The first-order chi connectivity index (χ1) is 9.25. The van der Waals surface area contributed by atoms with Gasteiger partial charge in [0.1, 0.15) is 5.76 Å². The standard InChI is InChI=1S/C15H25NO2S/c1-12(2)9-17-10-14(15-6-3-7-18-15)16-13-5-4-8-19-11-13/h3,6-7,12-14,16H,4-5,8-11H2,1-2H3/t13-,14+/m1/s1. The minimum Gasteiger partial charge on any atom is -0.468 e. The van der Waals surface area contributed by atoms with E-state index in [0.29, 0.717) is 18.6 Å². The van der Waals surface area contributed by atoms with Gasteiger partial charge in [-0.05, 0) is 36.6 Å². The molecule has 0 aromatic carbocycles. The van der Waals surface area contributed by atoms with Crippen molar-refractivity contribution in [2.75, 3.05) is 24.7 Å². The Kier molecular flexibility index (Phi) is 6.28. The van der Waals surface area contributed by atoms with Crippen LogP contribution in [0.25, 0.3) is 0 Å². The van der Waals surface area contributed by atoms with Crippen LogP contribution in [-0.2, 0) is 4.74 Å². The highest BCUT2D eigenvalue weighted by Gasteiger charge is 2.21. The molecule has 0 radical (unpaired) electrons. The molecule has 0 amide bonds. The van der Waals surface area contributed by atoms with E-state index in [2.05, 4.69) is 19.2 Å². The Morgan fingerprint density at radius 3 is 3.00 bits per heavy atom. The van der Waals surface area contributed by atoms with Crippen molar-refractivity contribution >= 4 is 11.8 Å². The number of rotatable bonds is 7. The predicted octanol–water partition coefficient (Wildman–Crippen LogP) is 3.48.